The van der Waals surface area contributed by atoms with Crippen LogP contribution in [0, 0.1) is 5.92 Å². The van der Waals surface area contributed by atoms with Crippen LogP contribution in [0.2, 0.25) is 0 Å². The van der Waals surface area contributed by atoms with Gasteiger partial charge in [0.2, 0.25) is 5.91 Å². The Bertz CT molecular complexity index is 198. The summed E-state index contributed by atoms with van der Waals surface area (Å²) >= 11 is 0. The fourth-order valence-electron chi connectivity index (χ4n) is 2.26. The highest BCUT2D eigenvalue weighted by atomic mass is 16.2. The first-order valence-electron chi connectivity index (χ1n) is 6.23. The molecule has 0 saturated carbocycles. The molecule has 1 aliphatic rings. The maximum absolute atomic E-state index is 11.8. The van der Waals surface area contributed by atoms with Crippen molar-refractivity contribution in [3.05, 3.63) is 0 Å². The summed E-state index contributed by atoms with van der Waals surface area (Å²) in [6, 6.07) is -0.285. The maximum atomic E-state index is 11.8. The number of carbonyl (C=O) groups is 1. The van der Waals surface area contributed by atoms with E-state index in [-0.39, 0.29) is 11.9 Å². The van der Waals surface area contributed by atoms with Crippen molar-refractivity contribution in [1.29, 1.82) is 0 Å². The van der Waals surface area contributed by atoms with Crippen molar-refractivity contribution >= 4 is 5.91 Å². The first-order valence-corrected chi connectivity index (χ1v) is 6.23. The minimum Gasteiger partial charge on any atom is -0.341 e. The van der Waals surface area contributed by atoms with Gasteiger partial charge in [0, 0.05) is 13.1 Å². The second-order valence-corrected chi connectivity index (χ2v) is 4.57. The Balaban J connectivity index is 2.33. The smallest absolute Gasteiger partial charge is 0.239 e. The van der Waals surface area contributed by atoms with Gasteiger partial charge in [-0.25, -0.2) is 0 Å². The monoisotopic (exact) mass is 212 g/mol. The van der Waals surface area contributed by atoms with E-state index < -0.39 is 0 Å². The number of hydrogen-bond acceptors (Lipinski definition) is 2. The van der Waals surface area contributed by atoms with Crippen LogP contribution < -0.4 is 5.73 Å². The zero-order valence-corrected chi connectivity index (χ0v) is 10.0. The predicted molar refractivity (Wildman–Crippen MR) is 62.5 cm³/mol. The minimum atomic E-state index is -0.285. The minimum absolute atomic E-state index is 0.146. The molecular formula is C12H24N2O. The topological polar surface area (TPSA) is 46.3 Å². The maximum Gasteiger partial charge on any atom is 0.239 e. The van der Waals surface area contributed by atoms with Crippen molar-refractivity contribution in [3.8, 4) is 0 Å². The highest BCUT2D eigenvalue weighted by Gasteiger charge is 2.24. The van der Waals surface area contributed by atoms with E-state index in [2.05, 4.69) is 6.92 Å². The van der Waals surface area contributed by atoms with Gasteiger partial charge in [0.25, 0.3) is 0 Å². The molecule has 1 amide bonds. The number of nitrogens with zero attached hydrogens (tertiary/aromatic N) is 1. The molecule has 1 saturated heterocycles. The second kappa shape index (κ2) is 6.11. The van der Waals surface area contributed by atoms with E-state index in [9.17, 15) is 4.79 Å². The van der Waals surface area contributed by atoms with Crippen molar-refractivity contribution in [1.82, 2.24) is 4.90 Å². The summed E-state index contributed by atoms with van der Waals surface area (Å²) in [7, 11) is 0. The van der Waals surface area contributed by atoms with Gasteiger partial charge in [-0.05, 0) is 25.2 Å². The van der Waals surface area contributed by atoms with E-state index >= 15 is 0 Å². The summed E-state index contributed by atoms with van der Waals surface area (Å²) in [4.78, 5) is 13.7. The van der Waals surface area contributed by atoms with Crippen molar-refractivity contribution in [2.75, 3.05) is 13.1 Å². The van der Waals surface area contributed by atoms with Crippen LogP contribution in [0.25, 0.3) is 0 Å². The highest BCUT2D eigenvalue weighted by Crippen LogP contribution is 2.21. The third-order valence-electron chi connectivity index (χ3n) is 3.38. The lowest BCUT2D eigenvalue weighted by Crippen LogP contribution is -2.46. The molecular weight excluding hydrogens is 188 g/mol. The Labute approximate surface area is 93.0 Å². The molecule has 1 rings (SSSR count). The first-order chi connectivity index (χ1) is 7.19. The number of piperidine rings is 1. The lowest BCUT2D eigenvalue weighted by molar-refractivity contribution is -0.134. The van der Waals surface area contributed by atoms with Gasteiger partial charge in [0.05, 0.1) is 6.04 Å². The molecule has 3 heteroatoms. The summed E-state index contributed by atoms with van der Waals surface area (Å²) in [6.07, 6.45) is 5.63. The number of amides is 1. The summed E-state index contributed by atoms with van der Waals surface area (Å²) in [6.45, 7) is 6.02. The average molecular weight is 212 g/mol. The van der Waals surface area contributed by atoms with Crippen LogP contribution in [-0.2, 0) is 4.79 Å². The van der Waals surface area contributed by atoms with Crippen molar-refractivity contribution < 1.29 is 4.79 Å². The van der Waals surface area contributed by atoms with E-state index in [1.54, 1.807) is 0 Å². The largest absolute Gasteiger partial charge is 0.341 e. The van der Waals surface area contributed by atoms with Crippen LogP contribution in [0.15, 0.2) is 0 Å². The van der Waals surface area contributed by atoms with E-state index in [0.717, 1.165) is 38.3 Å². The summed E-state index contributed by atoms with van der Waals surface area (Å²) < 4.78 is 0. The van der Waals surface area contributed by atoms with Crippen molar-refractivity contribution in [2.45, 2.75) is 52.0 Å². The molecule has 0 aliphatic carbocycles. The van der Waals surface area contributed by atoms with Crippen molar-refractivity contribution in [2.24, 2.45) is 11.7 Å². The standard InChI is InChI=1S/C12H24N2O/c1-3-5-10-6-8-14(9-7-10)12(15)11(13)4-2/h10-11H,3-9,13H2,1-2H3. The van der Waals surface area contributed by atoms with Crippen LogP contribution in [0.3, 0.4) is 0 Å². The molecule has 1 unspecified atom stereocenters. The lowest BCUT2D eigenvalue weighted by Gasteiger charge is -2.33. The number of hydrogen-bond donors (Lipinski definition) is 1. The van der Waals surface area contributed by atoms with Gasteiger partial charge in [0.1, 0.15) is 0 Å². The molecule has 3 nitrogen and oxygen atoms in total. The molecule has 0 aromatic rings. The molecule has 0 spiro atoms. The molecule has 1 fully saturated rings. The van der Waals surface area contributed by atoms with Gasteiger partial charge < -0.3 is 10.6 Å². The highest BCUT2D eigenvalue weighted by molar-refractivity contribution is 5.81. The molecule has 0 bridgehead atoms. The number of rotatable bonds is 4. The Kier molecular flexibility index (Phi) is 5.09. The van der Waals surface area contributed by atoms with Gasteiger partial charge in [-0.1, -0.05) is 26.7 Å². The molecule has 1 heterocycles. The molecule has 88 valence electrons. The fraction of sp³-hybridized carbons (Fsp3) is 0.917. The summed E-state index contributed by atoms with van der Waals surface area (Å²) in [5.74, 6) is 0.976. The molecule has 1 atom stereocenters. The lowest BCUT2D eigenvalue weighted by atomic mass is 9.92. The van der Waals surface area contributed by atoms with Gasteiger partial charge >= 0.3 is 0 Å². The first kappa shape index (κ1) is 12.5. The molecule has 15 heavy (non-hydrogen) atoms. The number of likely N-dealkylation sites (tertiary alicyclic amines) is 1. The third kappa shape index (κ3) is 3.49. The van der Waals surface area contributed by atoms with Crippen LogP contribution in [0.1, 0.15) is 46.0 Å². The normalized spacial score (nSPS) is 20.3. The Morgan fingerprint density at radius 3 is 2.47 bits per heavy atom. The number of carbonyl (C=O) groups excluding carboxylic acids is 1. The third-order valence-corrected chi connectivity index (χ3v) is 3.38. The number of nitrogens with two attached hydrogens (primary N) is 1. The zero-order chi connectivity index (χ0) is 11.3. The van der Waals surface area contributed by atoms with Gasteiger partial charge in [-0.3, -0.25) is 4.79 Å². The van der Waals surface area contributed by atoms with E-state index in [1.165, 1.54) is 12.8 Å². The van der Waals surface area contributed by atoms with E-state index in [0.29, 0.717) is 0 Å². The van der Waals surface area contributed by atoms with E-state index in [4.69, 9.17) is 5.73 Å². The quantitative estimate of drug-likeness (QED) is 0.772. The van der Waals surface area contributed by atoms with Gasteiger partial charge in [-0.2, -0.15) is 0 Å². The summed E-state index contributed by atoms with van der Waals surface area (Å²) in [5, 5.41) is 0. The summed E-state index contributed by atoms with van der Waals surface area (Å²) in [5.41, 5.74) is 5.75. The molecule has 0 aromatic heterocycles. The Morgan fingerprint density at radius 2 is 2.00 bits per heavy atom. The Morgan fingerprint density at radius 1 is 1.40 bits per heavy atom. The van der Waals surface area contributed by atoms with Crippen molar-refractivity contribution in [3.63, 3.8) is 0 Å². The van der Waals surface area contributed by atoms with Crippen LogP contribution in [0.4, 0.5) is 0 Å². The van der Waals surface area contributed by atoms with Crippen LogP contribution >= 0.6 is 0 Å². The fourth-order valence-corrected chi connectivity index (χ4v) is 2.26. The van der Waals surface area contributed by atoms with Crippen LogP contribution in [-0.4, -0.2) is 29.9 Å². The molecule has 0 radical (unpaired) electrons. The van der Waals surface area contributed by atoms with Crippen LogP contribution in [0.5, 0.6) is 0 Å². The molecule has 0 aromatic carbocycles. The molecule has 2 N–H and O–H groups in total. The second-order valence-electron chi connectivity index (χ2n) is 4.57. The zero-order valence-electron chi connectivity index (χ0n) is 10.0. The van der Waals surface area contributed by atoms with E-state index in [1.807, 2.05) is 11.8 Å². The molecule has 1 aliphatic heterocycles. The Hall–Kier alpha value is -0.570. The average Bonchev–Trinajstić information content (AvgIpc) is 2.28. The SMILES string of the molecule is CCCC1CCN(C(=O)C(N)CC)CC1. The van der Waals surface area contributed by atoms with Gasteiger partial charge in [0.15, 0.2) is 0 Å². The predicted octanol–water partition coefficient (Wildman–Crippen LogP) is 1.76. The van der Waals surface area contributed by atoms with Gasteiger partial charge in [-0.15, -0.1) is 0 Å².